The number of aromatic nitrogens is 2. The number of hydrogen-bond donors (Lipinski definition) is 2. The Morgan fingerprint density at radius 3 is 2.23 bits per heavy atom. The van der Waals surface area contributed by atoms with Gasteiger partial charge in [0.2, 0.25) is 11.8 Å². The van der Waals surface area contributed by atoms with Gasteiger partial charge in [0.15, 0.2) is 0 Å². The van der Waals surface area contributed by atoms with Gasteiger partial charge in [-0.2, -0.15) is 4.98 Å². The summed E-state index contributed by atoms with van der Waals surface area (Å²) in [6.07, 6.45) is 0.631. The summed E-state index contributed by atoms with van der Waals surface area (Å²) in [6.45, 7) is 1.75. The third kappa shape index (κ3) is 4.52. The van der Waals surface area contributed by atoms with E-state index < -0.39 is 12.1 Å². The highest BCUT2D eigenvalue weighted by Gasteiger charge is 2.17. The number of rotatable bonds is 6. The molecule has 0 amide bonds. The van der Waals surface area contributed by atoms with Crippen LogP contribution in [0, 0.1) is 11.6 Å². The second kappa shape index (κ2) is 7.88. The number of ether oxygens (including phenoxy) is 1. The van der Waals surface area contributed by atoms with Gasteiger partial charge in [-0.05, 0) is 48.9 Å². The largest absolute Gasteiger partial charge is 0.439 e. The first-order valence-corrected chi connectivity index (χ1v) is 7.98. The van der Waals surface area contributed by atoms with Crippen molar-refractivity contribution in [2.24, 2.45) is 0 Å². The molecule has 0 saturated heterocycles. The number of aliphatic hydroxyl groups is 1. The lowest BCUT2D eigenvalue weighted by Gasteiger charge is -2.20. The normalized spacial score (nSPS) is 13.1. The van der Waals surface area contributed by atoms with Gasteiger partial charge in [-0.25, -0.2) is 13.8 Å². The fourth-order valence-corrected chi connectivity index (χ4v) is 2.32. The van der Waals surface area contributed by atoms with E-state index in [9.17, 15) is 13.9 Å². The molecule has 0 aliphatic carbocycles. The molecule has 2 N–H and O–H groups in total. The molecule has 134 valence electrons. The van der Waals surface area contributed by atoms with Crippen molar-refractivity contribution in [3.63, 3.8) is 0 Å². The van der Waals surface area contributed by atoms with E-state index in [4.69, 9.17) is 4.74 Å². The molecule has 0 saturated carbocycles. The maximum absolute atomic E-state index is 13.0. The highest BCUT2D eigenvalue weighted by molar-refractivity contribution is 5.33. The first-order valence-electron chi connectivity index (χ1n) is 7.98. The Kier molecular flexibility index (Phi) is 5.38. The summed E-state index contributed by atoms with van der Waals surface area (Å²) in [5, 5.41) is 13.3. The molecule has 1 aromatic heterocycles. The molecular formula is C19H17F2N3O2. The lowest BCUT2D eigenvalue weighted by Crippen LogP contribution is -2.25. The molecule has 26 heavy (non-hydrogen) atoms. The average Bonchev–Trinajstić information content (AvgIpc) is 2.64. The van der Waals surface area contributed by atoms with E-state index in [0.29, 0.717) is 11.3 Å². The molecule has 2 aromatic carbocycles. The molecule has 7 heteroatoms. The molecule has 2 atom stereocenters. The number of halogens is 2. The van der Waals surface area contributed by atoms with E-state index in [1.165, 1.54) is 54.7 Å². The van der Waals surface area contributed by atoms with Crippen LogP contribution in [0.5, 0.6) is 11.6 Å². The number of nitrogens with one attached hydrogen (secondary N) is 1. The zero-order valence-corrected chi connectivity index (χ0v) is 13.9. The van der Waals surface area contributed by atoms with Crippen LogP contribution >= 0.6 is 0 Å². The van der Waals surface area contributed by atoms with Crippen molar-refractivity contribution in [1.82, 2.24) is 9.97 Å². The van der Waals surface area contributed by atoms with Crippen LogP contribution in [0.15, 0.2) is 60.8 Å². The number of hydrogen-bond acceptors (Lipinski definition) is 5. The van der Waals surface area contributed by atoms with E-state index in [2.05, 4.69) is 15.3 Å². The summed E-state index contributed by atoms with van der Waals surface area (Å²) in [6, 6.07) is 12.3. The first-order chi connectivity index (χ1) is 12.5. The van der Waals surface area contributed by atoms with Crippen molar-refractivity contribution in [3.05, 3.63) is 78.0 Å². The van der Waals surface area contributed by atoms with Crippen molar-refractivity contribution in [2.75, 3.05) is 5.32 Å². The quantitative estimate of drug-likeness (QED) is 0.696. The van der Waals surface area contributed by atoms with E-state index in [-0.39, 0.29) is 23.5 Å². The molecular weight excluding hydrogens is 340 g/mol. The van der Waals surface area contributed by atoms with Gasteiger partial charge in [-0.1, -0.05) is 12.1 Å². The molecule has 0 aliphatic heterocycles. The van der Waals surface area contributed by atoms with Gasteiger partial charge in [0.1, 0.15) is 17.4 Å². The van der Waals surface area contributed by atoms with Crippen molar-refractivity contribution in [3.8, 4) is 11.6 Å². The monoisotopic (exact) mass is 357 g/mol. The summed E-state index contributed by atoms with van der Waals surface area (Å²) in [4.78, 5) is 8.30. The smallest absolute Gasteiger partial charge is 0.226 e. The predicted octanol–water partition coefficient (Wildman–Crippen LogP) is 4.08. The van der Waals surface area contributed by atoms with Gasteiger partial charge in [-0.3, -0.25) is 0 Å². The van der Waals surface area contributed by atoms with Crippen molar-refractivity contribution >= 4 is 5.95 Å². The lowest BCUT2D eigenvalue weighted by molar-refractivity contribution is 0.160. The van der Waals surface area contributed by atoms with Gasteiger partial charge >= 0.3 is 0 Å². The Hall–Kier alpha value is -3.06. The first kappa shape index (κ1) is 17.8. The minimum atomic E-state index is -0.874. The third-order valence-electron chi connectivity index (χ3n) is 3.71. The van der Waals surface area contributed by atoms with Crippen LogP contribution in [0.25, 0.3) is 0 Å². The van der Waals surface area contributed by atoms with Crippen LogP contribution in [0.1, 0.15) is 18.6 Å². The van der Waals surface area contributed by atoms with Gasteiger partial charge in [0, 0.05) is 12.3 Å². The summed E-state index contributed by atoms with van der Waals surface area (Å²) < 4.78 is 31.5. The SMILES string of the molecule is CC(Nc1nccc(Oc2ccc(F)cc2)n1)C(O)c1ccc(F)cc1. The Labute approximate surface area is 149 Å². The maximum atomic E-state index is 13.0. The zero-order valence-electron chi connectivity index (χ0n) is 13.9. The van der Waals surface area contributed by atoms with E-state index in [1.54, 1.807) is 13.0 Å². The molecule has 5 nitrogen and oxygen atoms in total. The fraction of sp³-hybridized carbons (Fsp3) is 0.158. The minimum Gasteiger partial charge on any atom is -0.439 e. The van der Waals surface area contributed by atoms with Crippen LogP contribution in [0.4, 0.5) is 14.7 Å². The molecule has 0 fully saturated rings. The Morgan fingerprint density at radius 2 is 1.58 bits per heavy atom. The Balaban J connectivity index is 1.67. The zero-order chi connectivity index (χ0) is 18.5. The van der Waals surface area contributed by atoms with Crippen LogP contribution in [-0.2, 0) is 0 Å². The lowest BCUT2D eigenvalue weighted by atomic mass is 10.0. The number of aliphatic hydroxyl groups excluding tert-OH is 1. The molecule has 0 bridgehead atoms. The van der Waals surface area contributed by atoms with E-state index in [1.807, 2.05) is 0 Å². The molecule has 1 heterocycles. The van der Waals surface area contributed by atoms with Crippen molar-refractivity contribution in [1.29, 1.82) is 0 Å². The van der Waals surface area contributed by atoms with Gasteiger partial charge < -0.3 is 15.2 Å². The minimum absolute atomic E-state index is 0.262. The van der Waals surface area contributed by atoms with Gasteiger partial charge in [0.25, 0.3) is 0 Å². The maximum Gasteiger partial charge on any atom is 0.226 e. The number of anilines is 1. The van der Waals surface area contributed by atoms with Crippen LogP contribution in [0.2, 0.25) is 0 Å². The Bertz CT molecular complexity index is 857. The molecule has 2 unspecified atom stereocenters. The Morgan fingerprint density at radius 1 is 0.962 bits per heavy atom. The summed E-state index contributed by atoms with van der Waals surface area (Å²) in [7, 11) is 0. The second-order valence-electron chi connectivity index (χ2n) is 5.70. The fourth-order valence-electron chi connectivity index (χ4n) is 2.32. The number of benzene rings is 2. The highest BCUT2D eigenvalue weighted by Crippen LogP contribution is 2.22. The van der Waals surface area contributed by atoms with Crippen LogP contribution < -0.4 is 10.1 Å². The van der Waals surface area contributed by atoms with Crippen LogP contribution in [-0.4, -0.2) is 21.1 Å². The summed E-state index contributed by atoms with van der Waals surface area (Å²) >= 11 is 0. The number of nitrogens with zero attached hydrogens (tertiary/aromatic N) is 2. The molecule has 3 rings (SSSR count). The molecule has 0 spiro atoms. The molecule has 0 aliphatic rings. The van der Waals surface area contributed by atoms with Gasteiger partial charge in [0.05, 0.1) is 12.1 Å². The molecule has 3 aromatic rings. The van der Waals surface area contributed by atoms with E-state index in [0.717, 1.165) is 0 Å². The van der Waals surface area contributed by atoms with Gasteiger partial charge in [-0.15, -0.1) is 0 Å². The average molecular weight is 357 g/mol. The second-order valence-corrected chi connectivity index (χ2v) is 5.70. The predicted molar refractivity (Wildman–Crippen MR) is 93.0 cm³/mol. The third-order valence-corrected chi connectivity index (χ3v) is 3.71. The van der Waals surface area contributed by atoms with Crippen molar-refractivity contribution in [2.45, 2.75) is 19.1 Å². The van der Waals surface area contributed by atoms with Crippen LogP contribution in [0.3, 0.4) is 0 Å². The summed E-state index contributed by atoms with van der Waals surface area (Å²) in [5.41, 5.74) is 0.574. The summed E-state index contributed by atoms with van der Waals surface area (Å²) in [5.74, 6) is 0.257. The van der Waals surface area contributed by atoms with Crippen molar-refractivity contribution < 1.29 is 18.6 Å². The highest BCUT2D eigenvalue weighted by atomic mass is 19.1. The standard InChI is InChI=1S/C19H17F2N3O2/c1-12(18(25)13-2-4-14(20)5-3-13)23-19-22-11-10-17(24-19)26-16-8-6-15(21)7-9-16/h2-12,18,25H,1H3,(H,22,23,24). The topological polar surface area (TPSA) is 67.3 Å². The molecule has 0 radical (unpaired) electrons. The van der Waals surface area contributed by atoms with E-state index >= 15 is 0 Å².